The molecule has 0 spiro atoms. The fourth-order valence-electron chi connectivity index (χ4n) is 5.89. The van der Waals surface area contributed by atoms with Crippen molar-refractivity contribution < 1.29 is 23.9 Å². The van der Waals surface area contributed by atoms with E-state index in [2.05, 4.69) is 35.9 Å². The van der Waals surface area contributed by atoms with Crippen LogP contribution in [0.5, 0.6) is 0 Å². The van der Waals surface area contributed by atoms with Gasteiger partial charge < -0.3 is 19.4 Å². The van der Waals surface area contributed by atoms with Crippen LogP contribution < -0.4 is 0 Å². The van der Waals surface area contributed by atoms with Crippen LogP contribution in [0.4, 0.5) is 4.79 Å². The van der Waals surface area contributed by atoms with Gasteiger partial charge >= 0.3 is 12.1 Å². The zero-order chi connectivity index (χ0) is 27.7. The molecule has 1 aliphatic carbocycles. The second-order valence-corrected chi connectivity index (χ2v) is 11.9. The maximum Gasteiger partial charge on any atom is 0.410 e. The Hall–Kier alpha value is -3.36. The summed E-state index contributed by atoms with van der Waals surface area (Å²) < 4.78 is 11.2. The van der Waals surface area contributed by atoms with Gasteiger partial charge in [0.15, 0.2) is 0 Å². The molecular formula is C30H40N4O5. The number of aryl methyl sites for hydroxylation is 1. The zero-order valence-corrected chi connectivity index (χ0v) is 23.3. The molecule has 4 atom stereocenters. The van der Waals surface area contributed by atoms with Crippen molar-refractivity contribution in [3.63, 3.8) is 0 Å². The number of aromatic amines is 1. The maximum atomic E-state index is 13.8. The van der Waals surface area contributed by atoms with E-state index in [1.807, 2.05) is 26.0 Å². The molecule has 2 saturated heterocycles. The number of hydrogen-bond donors (Lipinski definition) is 1. The summed E-state index contributed by atoms with van der Waals surface area (Å²) in [5, 5.41) is 0. The summed E-state index contributed by atoms with van der Waals surface area (Å²) in [6.07, 6.45) is 6.78. The maximum absolute atomic E-state index is 13.8. The van der Waals surface area contributed by atoms with Crippen LogP contribution in [0, 0.1) is 11.8 Å². The number of carbonyl (C=O) groups is 3. The van der Waals surface area contributed by atoms with Crippen molar-refractivity contribution in [1.82, 2.24) is 19.8 Å². The molecule has 5 rings (SSSR count). The standard InChI is InChI=1S/C30H40N4O5/c1-18(2)13-25(29(36)38-15-20-5-7-21(8-6-20)19(3)4)33-24(12-11-23-14-31-17-32-23)27(28(33)35)34-26(22-9-10-22)16-39-30(34)37/h5-8,14,17-19,22,24-27H,9-13,15-16H2,1-4H3,(H,31,32)/t24?,25?,26-,27?/m1/s1. The number of benzene rings is 1. The molecule has 0 bridgehead atoms. The van der Waals surface area contributed by atoms with Gasteiger partial charge in [-0.05, 0) is 61.0 Å². The monoisotopic (exact) mass is 536 g/mol. The summed E-state index contributed by atoms with van der Waals surface area (Å²) >= 11 is 0. The molecule has 3 fully saturated rings. The van der Waals surface area contributed by atoms with Crippen LogP contribution in [0.15, 0.2) is 36.8 Å². The SMILES string of the molecule is CC(C)CC(C(=O)OCc1ccc(C(C)C)cc1)N1C(=O)C(N2C(=O)OC[C@@H]2C2CC2)C1CCc1cnc[nH]1. The number of esters is 1. The first-order chi connectivity index (χ1) is 18.7. The summed E-state index contributed by atoms with van der Waals surface area (Å²) in [7, 11) is 0. The lowest BCUT2D eigenvalue weighted by Crippen LogP contribution is -2.75. The lowest BCUT2D eigenvalue weighted by atomic mass is 9.84. The Balaban J connectivity index is 1.34. The molecule has 3 heterocycles. The topological polar surface area (TPSA) is 105 Å². The van der Waals surface area contributed by atoms with Gasteiger partial charge in [-0.2, -0.15) is 0 Å². The number of nitrogens with one attached hydrogen (secondary N) is 1. The molecule has 2 aliphatic heterocycles. The Morgan fingerprint density at radius 2 is 1.90 bits per heavy atom. The summed E-state index contributed by atoms with van der Waals surface area (Å²) in [6, 6.07) is 6.35. The van der Waals surface area contributed by atoms with Gasteiger partial charge in [-0.3, -0.25) is 9.69 Å². The molecule has 1 saturated carbocycles. The molecule has 9 nitrogen and oxygen atoms in total. The summed E-state index contributed by atoms with van der Waals surface area (Å²) in [5.41, 5.74) is 3.08. The molecule has 39 heavy (non-hydrogen) atoms. The van der Waals surface area contributed by atoms with Gasteiger partial charge in [0.05, 0.1) is 18.4 Å². The normalized spacial score (nSPS) is 23.8. The lowest BCUT2D eigenvalue weighted by Gasteiger charge is -2.53. The third-order valence-electron chi connectivity index (χ3n) is 8.24. The van der Waals surface area contributed by atoms with Crippen molar-refractivity contribution in [2.75, 3.05) is 6.61 Å². The first-order valence-electron chi connectivity index (χ1n) is 14.2. The Labute approximate surface area is 230 Å². The highest BCUT2D eigenvalue weighted by Gasteiger charge is 2.60. The van der Waals surface area contributed by atoms with Crippen molar-refractivity contribution in [3.05, 3.63) is 53.6 Å². The number of carbonyl (C=O) groups excluding carboxylic acids is 3. The van der Waals surface area contributed by atoms with E-state index in [9.17, 15) is 14.4 Å². The van der Waals surface area contributed by atoms with Gasteiger partial charge in [0, 0.05) is 11.9 Å². The predicted octanol–water partition coefficient (Wildman–Crippen LogP) is 4.43. The van der Waals surface area contributed by atoms with Crippen molar-refractivity contribution >= 4 is 18.0 Å². The average Bonchev–Trinajstić information content (AvgIpc) is 3.49. The minimum absolute atomic E-state index is 0.0763. The number of imidazole rings is 1. The van der Waals surface area contributed by atoms with E-state index in [1.165, 1.54) is 5.56 Å². The number of H-pyrrole nitrogens is 1. The van der Waals surface area contributed by atoms with Gasteiger partial charge in [0.2, 0.25) is 5.91 Å². The number of β-lactam (4-membered cyclic amide) rings is 1. The molecule has 0 radical (unpaired) electrons. The molecule has 3 aliphatic rings. The van der Waals surface area contributed by atoms with Crippen LogP contribution >= 0.6 is 0 Å². The number of hydrogen-bond acceptors (Lipinski definition) is 6. The fraction of sp³-hybridized carbons (Fsp3) is 0.600. The molecular weight excluding hydrogens is 496 g/mol. The molecule has 2 amide bonds. The van der Waals surface area contributed by atoms with Crippen LogP contribution in [0.2, 0.25) is 0 Å². The highest BCUT2D eigenvalue weighted by molar-refractivity contribution is 5.96. The highest BCUT2D eigenvalue weighted by atomic mass is 16.6. The molecule has 1 aromatic heterocycles. The second kappa shape index (κ2) is 11.4. The third-order valence-corrected chi connectivity index (χ3v) is 8.24. The Kier molecular flexibility index (Phi) is 7.96. The molecule has 1 aromatic carbocycles. The predicted molar refractivity (Wildman–Crippen MR) is 145 cm³/mol. The van der Waals surface area contributed by atoms with Gasteiger partial charge in [0.25, 0.3) is 0 Å². The Morgan fingerprint density at radius 1 is 1.15 bits per heavy atom. The smallest absolute Gasteiger partial charge is 0.410 e. The van der Waals surface area contributed by atoms with E-state index in [4.69, 9.17) is 9.47 Å². The van der Waals surface area contributed by atoms with E-state index in [0.29, 0.717) is 37.7 Å². The van der Waals surface area contributed by atoms with Crippen molar-refractivity contribution in [3.8, 4) is 0 Å². The number of cyclic esters (lactones) is 1. The molecule has 2 aromatic rings. The molecule has 9 heteroatoms. The molecule has 3 unspecified atom stereocenters. The fourth-order valence-corrected chi connectivity index (χ4v) is 5.89. The van der Waals surface area contributed by atoms with Gasteiger partial charge in [-0.25, -0.2) is 14.6 Å². The van der Waals surface area contributed by atoms with Gasteiger partial charge in [-0.15, -0.1) is 0 Å². The van der Waals surface area contributed by atoms with Gasteiger partial charge in [0.1, 0.15) is 25.3 Å². The van der Waals surface area contributed by atoms with Gasteiger partial charge in [-0.1, -0.05) is 52.0 Å². The van der Waals surface area contributed by atoms with E-state index < -0.39 is 24.1 Å². The van der Waals surface area contributed by atoms with Crippen LogP contribution in [0.25, 0.3) is 0 Å². The number of ether oxygens (including phenoxy) is 2. The number of amides is 2. The summed E-state index contributed by atoms with van der Waals surface area (Å²) in [4.78, 5) is 50.7. The van der Waals surface area contributed by atoms with Crippen LogP contribution in [0.3, 0.4) is 0 Å². The first-order valence-corrected chi connectivity index (χ1v) is 14.2. The Bertz CT molecular complexity index is 1160. The van der Waals surface area contributed by atoms with E-state index in [1.54, 1.807) is 22.3 Å². The van der Waals surface area contributed by atoms with Crippen molar-refractivity contribution in [1.29, 1.82) is 0 Å². The van der Waals surface area contributed by atoms with Crippen LogP contribution in [0.1, 0.15) is 76.1 Å². The molecule has 1 N–H and O–H groups in total. The molecule has 210 valence electrons. The van der Waals surface area contributed by atoms with E-state index >= 15 is 0 Å². The lowest BCUT2D eigenvalue weighted by molar-refractivity contribution is -0.175. The van der Waals surface area contributed by atoms with Crippen molar-refractivity contribution in [2.24, 2.45) is 11.8 Å². The summed E-state index contributed by atoms with van der Waals surface area (Å²) in [6.45, 7) is 8.83. The number of nitrogens with zero attached hydrogens (tertiary/aromatic N) is 3. The largest absolute Gasteiger partial charge is 0.459 e. The van der Waals surface area contributed by atoms with Crippen LogP contribution in [-0.4, -0.2) is 68.5 Å². The van der Waals surface area contributed by atoms with Crippen molar-refractivity contribution in [2.45, 2.75) is 96.5 Å². The second-order valence-electron chi connectivity index (χ2n) is 11.9. The van der Waals surface area contributed by atoms with E-state index in [0.717, 1.165) is 24.1 Å². The zero-order valence-electron chi connectivity index (χ0n) is 23.3. The third kappa shape index (κ3) is 5.82. The highest BCUT2D eigenvalue weighted by Crippen LogP contribution is 2.43. The van der Waals surface area contributed by atoms with Crippen LogP contribution in [-0.2, 0) is 32.1 Å². The number of likely N-dealkylation sites (tertiary alicyclic amines) is 1. The number of rotatable bonds is 12. The number of aromatic nitrogens is 2. The van der Waals surface area contributed by atoms with E-state index in [-0.39, 0.29) is 30.5 Å². The summed E-state index contributed by atoms with van der Waals surface area (Å²) in [5.74, 6) is 0.373. The Morgan fingerprint density at radius 3 is 2.51 bits per heavy atom. The quantitative estimate of drug-likeness (QED) is 0.318. The minimum atomic E-state index is -0.714. The minimum Gasteiger partial charge on any atom is -0.459 e. The average molecular weight is 537 g/mol. The first kappa shape index (κ1) is 27.2.